The van der Waals surface area contributed by atoms with Crippen molar-refractivity contribution in [2.24, 2.45) is 0 Å². The molecule has 0 aliphatic carbocycles. The number of halogens is 2. The molecule has 1 heterocycles. The highest BCUT2D eigenvalue weighted by Crippen LogP contribution is 2.34. The number of rotatable bonds is 6. The molecule has 0 unspecified atom stereocenters. The standard InChI is InChI=1S/C24H18ClFN2O5/c1-31-18-11-10-13(12-19(18)32-2)27-24(30)22-21(14-6-3-4-9-17(14)33-22)28-23(29)20-15(25)7-5-8-16(20)26/h3-12H,1-2H3,(H,27,30)(H,28,29). The summed E-state index contributed by atoms with van der Waals surface area (Å²) in [6.07, 6.45) is 0. The van der Waals surface area contributed by atoms with Crippen LogP contribution in [0.3, 0.4) is 0 Å². The number of fused-ring (bicyclic) bond motifs is 1. The van der Waals surface area contributed by atoms with Crippen molar-refractivity contribution in [2.45, 2.75) is 0 Å². The van der Waals surface area contributed by atoms with Gasteiger partial charge in [0.15, 0.2) is 11.5 Å². The van der Waals surface area contributed by atoms with E-state index in [1.807, 2.05) is 0 Å². The number of anilines is 2. The second-order valence-electron chi connectivity index (χ2n) is 6.88. The van der Waals surface area contributed by atoms with Crippen molar-refractivity contribution in [3.8, 4) is 11.5 Å². The summed E-state index contributed by atoms with van der Waals surface area (Å²) in [6.45, 7) is 0. The van der Waals surface area contributed by atoms with Gasteiger partial charge in [-0.3, -0.25) is 9.59 Å². The number of benzene rings is 3. The number of amides is 2. The molecule has 0 bridgehead atoms. The lowest BCUT2D eigenvalue weighted by atomic mass is 10.1. The number of hydrogen-bond acceptors (Lipinski definition) is 5. The first-order valence-corrected chi connectivity index (χ1v) is 10.1. The quantitative estimate of drug-likeness (QED) is 0.376. The van der Waals surface area contributed by atoms with Gasteiger partial charge < -0.3 is 24.5 Å². The molecule has 4 aromatic rings. The highest BCUT2D eigenvalue weighted by Gasteiger charge is 2.25. The Labute approximate surface area is 193 Å². The number of ether oxygens (including phenoxy) is 2. The predicted molar refractivity (Wildman–Crippen MR) is 123 cm³/mol. The fourth-order valence-electron chi connectivity index (χ4n) is 3.32. The topological polar surface area (TPSA) is 89.8 Å². The Balaban J connectivity index is 1.71. The average Bonchev–Trinajstić information content (AvgIpc) is 3.17. The van der Waals surface area contributed by atoms with Gasteiger partial charge in [0.1, 0.15) is 17.1 Å². The molecule has 168 valence electrons. The highest BCUT2D eigenvalue weighted by atomic mass is 35.5. The van der Waals surface area contributed by atoms with Crippen LogP contribution in [0.4, 0.5) is 15.8 Å². The van der Waals surface area contributed by atoms with Crippen molar-refractivity contribution in [2.75, 3.05) is 24.9 Å². The lowest BCUT2D eigenvalue weighted by Gasteiger charge is -2.11. The smallest absolute Gasteiger partial charge is 0.293 e. The molecule has 0 fully saturated rings. The molecule has 2 N–H and O–H groups in total. The lowest BCUT2D eigenvalue weighted by molar-refractivity contribution is 0.0999. The van der Waals surface area contributed by atoms with Crippen LogP contribution in [0.1, 0.15) is 20.9 Å². The SMILES string of the molecule is COc1ccc(NC(=O)c2oc3ccccc3c2NC(=O)c2c(F)cccc2Cl)cc1OC. The number of furan rings is 1. The maximum atomic E-state index is 14.3. The first kappa shape index (κ1) is 22.2. The lowest BCUT2D eigenvalue weighted by Crippen LogP contribution is -2.18. The second-order valence-corrected chi connectivity index (χ2v) is 7.28. The predicted octanol–water partition coefficient (Wildman–Crippen LogP) is 5.75. The molecule has 0 saturated carbocycles. The molecule has 0 spiro atoms. The van der Waals surface area contributed by atoms with Gasteiger partial charge >= 0.3 is 0 Å². The van der Waals surface area contributed by atoms with Crippen molar-refractivity contribution in [1.82, 2.24) is 0 Å². The van der Waals surface area contributed by atoms with Crippen LogP contribution in [-0.2, 0) is 0 Å². The summed E-state index contributed by atoms with van der Waals surface area (Å²) in [4.78, 5) is 25.9. The van der Waals surface area contributed by atoms with Crippen LogP contribution in [-0.4, -0.2) is 26.0 Å². The van der Waals surface area contributed by atoms with Crippen LogP contribution >= 0.6 is 11.6 Å². The molecule has 33 heavy (non-hydrogen) atoms. The zero-order chi connectivity index (χ0) is 23.5. The van der Waals surface area contributed by atoms with E-state index in [0.29, 0.717) is 28.2 Å². The van der Waals surface area contributed by atoms with Crippen LogP contribution in [0.5, 0.6) is 11.5 Å². The molecule has 3 aromatic carbocycles. The number of carbonyl (C=O) groups excluding carboxylic acids is 2. The summed E-state index contributed by atoms with van der Waals surface area (Å²) in [5, 5.41) is 5.69. The number of para-hydroxylation sites is 1. The Hall–Kier alpha value is -4.04. The van der Waals surface area contributed by atoms with Gasteiger partial charge in [-0.1, -0.05) is 29.8 Å². The van der Waals surface area contributed by atoms with Crippen molar-refractivity contribution in [3.05, 3.63) is 82.8 Å². The summed E-state index contributed by atoms with van der Waals surface area (Å²) in [6, 6.07) is 15.5. The molecule has 1 aromatic heterocycles. The minimum Gasteiger partial charge on any atom is -0.493 e. The summed E-state index contributed by atoms with van der Waals surface area (Å²) in [5.41, 5.74) is 0.529. The first-order valence-electron chi connectivity index (χ1n) is 9.73. The Kier molecular flexibility index (Phi) is 6.19. The normalized spacial score (nSPS) is 10.7. The van der Waals surface area contributed by atoms with Gasteiger partial charge in [-0.05, 0) is 36.4 Å². The van der Waals surface area contributed by atoms with Crippen molar-refractivity contribution in [3.63, 3.8) is 0 Å². The Morgan fingerprint density at radius 1 is 0.909 bits per heavy atom. The van der Waals surface area contributed by atoms with E-state index in [1.54, 1.807) is 42.5 Å². The second kappa shape index (κ2) is 9.22. The van der Waals surface area contributed by atoms with Gasteiger partial charge in [-0.25, -0.2) is 4.39 Å². The molecule has 0 aliphatic rings. The summed E-state index contributed by atoms with van der Waals surface area (Å²) < 4.78 is 30.4. The molecule has 2 amide bonds. The third kappa shape index (κ3) is 4.33. The molecule has 0 atom stereocenters. The maximum absolute atomic E-state index is 14.3. The minimum absolute atomic E-state index is 0.0587. The van der Waals surface area contributed by atoms with Crippen LogP contribution in [0.2, 0.25) is 5.02 Å². The number of nitrogens with one attached hydrogen (secondary N) is 2. The largest absolute Gasteiger partial charge is 0.493 e. The fraction of sp³-hybridized carbons (Fsp3) is 0.0833. The molecular weight excluding hydrogens is 451 g/mol. The molecule has 7 nitrogen and oxygen atoms in total. The Bertz CT molecular complexity index is 1350. The first-order chi connectivity index (χ1) is 15.9. The van der Waals surface area contributed by atoms with E-state index in [1.165, 1.54) is 26.4 Å². The zero-order valence-electron chi connectivity index (χ0n) is 17.6. The van der Waals surface area contributed by atoms with E-state index in [4.69, 9.17) is 25.5 Å². The number of hydrogen-bond donors (Lipinski definition) is 2. The maximum Gasteiger partial charge on any atom is 0.293 e. The van der Waals surface area contributed by atoms with Gasteiger partial charge in [0.2, 0.25) is 5.76 Å². The van der Waals surface area contributed by atoms with Crippen molar-refractivity contribution < 1.29 is 27.9 Å². The van der Waals surface area contributed by atoms with Crippen LogP contribution in [0.15, 0.2) is 65.1 Å². The molecule has 0 saturated heterocycles. The zero-order valence-corrected chi connectivity index (χ0v) is 18.3. The third-order valence-electron chi connectivity index (χ3n) is 4.87. The van der Waals surface area contributed by atoms with Gasteiger partial charge in [-0.15, -0.1) is 0 Å². The van der Waals surface area contributed by atoms with E-state index in [2.05, 4.69) is 10.6 Å². The fourth-order valence-corrected chi connectivity index (χ4v) is 3.57. The van der Waals surface area contributed by atoms with Gasteiger partial charge in [0, 0.05) is 17.1 Å². The van der Waals surface area contributed by atoms with E-state index in [-0.39, 0.29) is 22.0 Å². The molecule has 4 rings (SSSR count). The minimum atomic E-state index is -0.815. The molecule has 9 heteroatoms. The third-order valence-corrected chi connectivity index (χ3v) is 5.19. The average molecular weight is 469 g/mol. The van der Waals surface area contributed by atoms with Crippen LogP contribution in [0, 0.1) is 5.82 Å². The Morgan fingerprint density at radius 3 is 2.39 bits per heavy atom. The Morgan fingerprint density at radius 2 is 1.67 bits per heavy atom. The van der Waals surface area contributed by atoms with Crippen molar-refractivity contribution >= 4 is 45.8 Å². The van der Waals surface area contributed by atoms with E-state index >= 15 is 0 Å². The number of methoxy groups -OCH3 is 2. The van der Waals surface area contributed by atoms with Gasteiger partial charge in [0.25, 0.3) is 11.8 Å². The summed E-state index contributed by atoms with van der Waals surface area (Å²) in [5.74, 6) is -1.48. The van der Waals surface area contributed by atoms with Gasteiger partial charge in [0.05, 0.1) is 24.8 Å². The monoisotopic (exact) mass is 468 g/mol. The summed E-state index contributed by atoms with van der Waals surface area (Å²) >= 11 is 6.02. The highest BCUT2D eigenvalue weighted by molar-refractivity contribution is 6.34. The summed E-state index contributed by atoms with van der Waals surface area (Å²) in [7, 11) is 2.98. The van der Waals surface area contributed by atoms with E-state index in [9.17, 15) is 14.0 Å². The molecule has 0 radical (unpaired) electrons. The molecule has 0 aliphatic heterocycles. The number of carbonyl (C=O) groups is 2. The van der Waals surface area contributed by atoms with E-state index < -0.39 is 17.6 Å². The molecular formula is C24H18ClFN2O5. The van der Waals surface area contributed by atoms with Gasteiger partial charge in [-0.2, -0.15) is 0 Å². The van der Waals surface area contributed by atoms with Crippen LogP contribution in [0.25, 0.3) is 11.0 Å². The van der Waals surface area contributed by atoms with Crippen molar-refractivity contribution in [1.29, 1.82) is 0 Å². The van der Waals surface area contributed by atoms with Crippen LogP contribution < -0.4 is 20.1 Å². The van der Waals surface area contributed by atoms with E-state index in [0.717, 1.165) is 6.07 Å².